The summed E-state index contributed by atoms with van der Waals surface area (Å²) in [5, 5.41) is 28.2. The van der Waals surface area contributed by atoms with Crippen LogP contribution in [0.4, 0.5) is 11.4 Å². The van der Waals surface area contributed by atoms with Gasteiger partial charge in [-0.3, -0.25) is 10.1 Å². The van der Waals surface area contributed by atoms with Crippen molar-refractivity contribution in [3.8, 4) is 5.75 Å². The predicted molar refractivity (Wildman–Crippen MR) is 93.6 cm³/mol. The van der Waals surface area contributed by atoms with E-state index in [4.69, 9.17) is 4.74 Å². The largest absolute Gasteiger partial charge is 0.484 e. The van der Waals surface area contributed by atoms with Gasteiger partial charge >= 0.3 is 0 Å². The van der Waals surface area contributed by atoms with Crippen molar-refractivity contribution in [1.29, 1.82) is 0 Å². The number of ether oxygens (including phenoxy) is 1. The molecule has 0 bridgehead atoms. The maximum absolute atomic E-state index is 11.3. The van der Waals surface area contributed by atoms with Gasteiger partial charge in [0, 0.05) is 12.6 Å². The van der Waals surface area contributed by atoms with Gasteiger partial charge in [0.2, 0.25) is 0 Å². The summed E-state index contributed by atoms with van der Waals surface area (Å²) in [6, 6.07) is 2.81. The minimum absolute atomic E-state index is 0.0341. The van der Waals surface area contributed by atoms with Crippen molar-refractivity contribution in [2.45, 2.75) is 57.8 Å². The van der Waals surface area contributed by atoms with E-state index in [-0.39, 0.29) is 11.7 Å². The lowest BCUT2D eigenvalue weighted by Crippen LogP contribution is -2.52. The molecule has 1 heterocycles. The summed E-state index contributed by atoms with van der Waals surface area (Å²) in [4.78, 5) is 10.8. The van der Waals surface area contributed by atoms with E-state index < -0.39 is 16.6 Å². The molecule has 2 unspecified atom stereocenters. The fourth-order valence-electron chi connectivity index (χ4n) is 3.04. The Hall–Kier alpha value is -1.86. The molecule has 0 aromatic heterocycles. The molecular weight excluding hydrogens is 310 g/mol. The van der Waals surface area contributed by atoms with Crippen LogP contribution in [-0.2, 0) is 0 Å². The van der Waals surface area contributed by atoms with Crippen molar-refractivity contribution in [1.82, 2.24) is 5.32 Å². The highest BCUT2D eigenvalue weighted by Gasteiger charge is 2.43. The quantitative estimate of drug-likeness (QED) is 0.402. The van der Waals surface area contributed by atoms with Crippen LogP contribution < -0.4 is 15.4 Å². The lowest BCUT2D eigenvalue weighted by atomic mass is 9.86. The van der Waals surface area contributed by atoms with Gasteiger partial charge in [-0.1, -0.05) is 19.8 Å². The lowest BCUT2D eigenvalue weighted by Gasteiger charge is -2.42. The molecule has 0 aliphatic carbocycles. The number of aliphatic hydroxyl groups is 1. The van der Waals surface area contributed by atoms with Gasteiger partial charge in [-0.25, -0.2) is 0 Å². The number of nitro benzene ring substituents is 1. The zero-order valence-corrected chi connectivity index (χ0v) is 14.8. The molecule has 0 amide bonds. The first-order valence-corrected chi connectivity index (χ1v) is 8.42. The first-order chi connectivity index (χ1) is 11.3. The fourth-order valence-corrected chi connectivity index (χ4v) is 3.04. The monoisotopic (exact) mass is 337 g/mol. The average Bonchev–Trinajstić information content (AvgIpc) is 2.53. The minimum atomic E-state index is -0.829. The number of rotatable bonds is 7. The van der Waals surface area contributed by atoms with Gasteiger partial charge in [-0.2, -0.15) is 0 Å². The molecule has 2 atom stereocenters. The van der Waals surface area contributed by atoms with Crippen LogP contribution in [0.5, 0.6) is 5.75 Å². The second-order valence-electron chi connectivity index (χ2n) is 6.70. The molecule has 0 fully saturated rings. The van der Waals surface area contributed by atoms with Crippen LogP contribution in [0, 0.1) is 10.1 Å². The molecule has 1 aliphatic rings. The molecule has 0 saturated carbocycles. The van der Waals surface area contributed by atoms with Gasteiger partial charge < -0.3 is 20.5 Å². The molecule has 0 saturated heterocycles. The van der Waals surface area contributed by atoms with E-state index in [1.54, 1.807) is 27.0 Å². The summed E-state index contributed by atoms with van der Waals surface area (Å²) in [5.74, 6) is 0.448. The van der Waals surface area contributed by atoms with E-state index in [2.05, 4.69) is 17.6 Å². The Labute approximate surface area is 142 Å². The van der Waals surface area contributed by atoms with Crippen LogP contribution in [0.15, 0.2) is 12.1 Å². The number of nitrogens with zero attached hydrogens (tertiary/aromatic N) is 1. The summed E-state index contributed by atoms with van der Waals surface area (Å²) in [6.07, 6.45) is 2.50. The number of benzene rings is 1. The van der Waals surface area contributed by atoms with Gasteiger partial charge in [-0.05, 0) is 32.9 Å². The highest BCUT2D eigenvalue weighted by molar-refractivity contribution is 5.67. The molecule has 3 N–H and O–H groups in total. The third kappa shape index (κ3) is 3.62. The SMILES string of the molecule is CCCCCNC1c2cc(NC)c([N+](=O)[O-])cc2OC(C)(C)C1O. The van der Waals surface area contributed by atoms with Crippen molar-refractivity contribution < 1.29 is 14.8 Å². The highest BCUT2D eigenvalue weighted by atomic mass is 16.6. The topological polar surface area (TPSA) is 96.7 Å². The molecule has 1 aliphatic heterocycles. The smallest absolute Gasteiger partial charge is 0.296 e. The molecular formula is C17H27N3O4. The van der Waals surface area contributed by atoms with Crippen molar-refractivity contribution in [3.05, 3.63) is 27.8 Å². The molecule has 7 heteroatoms. The average molecular weight is 337 g/mol. The van der Waals surface area contributed by atoms with Crippen LogP contribution >= 0.6 is 0 Å². The maximum Gasteiger partial charge on any atom is 0.296 e. The van der Waals surface area contributed by atoms with E-state index in [1.807, 2.05) is 0 Å². The van der Waals surface area contributed by atoms with Gasteiger partial charge in [-0.15, -0.1) is 0 Å². The minimum Gasteiger partial charge on any atom is -0.484 e. The normalized spacial score (nSPS) is 21.7. The summed E-state index contributed by atoms with van der Waals surface area (Å²) in [6.45, 7) is 6.50. The van der Waals surface area contributed by atoms with Crippen molar-refractivity contribution in [2.75, 3.05) is 18.9 Å². The van der Waals surface area contributed by atoms with E-state index in [9.17, 15) is 15.2 Å². The number of hydrogen-bond donors (Lipinski definition) is 3. The molecule has 2 rings (SSSR count). The Kier molecular flexibility index (Phi) is 5.66. The van der Waals surface area contributed by atoms with Crippen LogP contribution in [0.1, 0.15) is 51.6 Å². The number of fused-ring (bicyclic) bond motifs is 1. The Balaban J connectivity index is 2.40. The second-order valence-corrected chi connectivity index (χ2v) is 6.70. The van der Waals surface area contributed by atoms with Crippen LogP contribution in [0.3, 0.4) is 0 Å². The number of anilines is 1. The summed E-state index contributed by atoms with van der Waals surface area (Å²) < 4.78 is 5.86. The molecule has 1 aromatic rings. The number of hydrogen-bond acceptors (Lipinski definition) is 6. The summed E-state index contributed by atoms with van der Waals surface area (Å²) in [5.41, 5.74) is 0.292. The number of aliphatic hydroxyl groups excluding tert-OH is 1. The number of nitrogens with one attached hydrogen (secondary N) is 2. The summed E-state index contributed by atoms with van der Waals surface area (Å²) in [7, 11) is 1.64. The van der Waals surface area contributed by atoms with Crippen molar-refractivity contribution in [3.63, 3.8) is 0 Å². The van der Waals surface area contributed by atoms with Crippen LogP contribution in [-0.4, -0.2) is 35.3 Å². The Morgan fingerprint density at radius 3 is 2.67 bits per heavy atom. The Bertz CT molecular complexity index is 604. The zero-order chi connectivity index (χ0) is 17.9. The predicted octanol–water partition coefficient (Wildman–Crippen LogP) is 2.99. The number of nitro groups is 1. The zero-order valence-electron chi connectivity index (χ0n) is 14.8. The third-order valence-electron chi connectivity index (χ3n) is 4.47. The standard InChI is InChI=1S/C17H27N3O4/c1-5-6-7-8-19-15-11-9-12(18-4)13(20(22)23)10-14(11)24-17(2,3)16(15)21/h9-10,15-16,18-19,21H,5-8H2,1-4H3. The molecule has 0 spiro atoms. The summed E-state index contributed by atoms with van der Waals surface area (Å²) >= 11 is 0. The van der Waals surface area contributed by atoms with Gasteiger partial charge in [0.15, 0.2) is 0 Å². The molecule has 0 radical (unpaired) electrons. The Morgan fingerprint density at radius 1 is 1.38 bits per heavy atom. The van der Waals surface area contributed by atoms with Gasteiger partial charge in [0.25, 0.3) is 5.69 Å². The van der Waals surface area contributed by atoms with E-state index in [1.165, 1.54) is 6.07 Å². The van der Waals surface area contributed by atoms with Crippen molar-refractivity contribution in [2.24, 2.45) is 0 Å². The number of unbranched alkanes of at least 4 members (excludes halogenated alkanes) is 2. The molecule has 24 heavy (non-hydrogen) atoms. The first-order valence-electron chi connectivity index (χ1n) is 8.42. The fraction of sp³-hybridized carbons (Fsp3) is 0.647. The maximum atomic E-state index is 11.3. The molecule has 134 valence electrons. The van der Waals surface area contributed by atoms with Gasteiger partial charge in [0.1, 0.15) is 23.1 Å². The van der Waals surface area contributed by atoms with Crippen molar-refractivity contribution >= 4 is 11.4 Å². The first kappa shape index (κ1) is 18.5. The van der Waals surface area contributed by atoms with Gasteiger partial charge in [0.05, 0.1) is 17.0 Å². The van der Waals surface area contributed by atoms with E-state index in [0.29, 0.717) is 11.4 Å². The molecule has 1 aromatic carbocycles. The van der Waals surface area contributed by atoms with Crippen LogP contribution in [0.2, 0.25) is 0 Å². The van der Waals surface area contributed by atoms with E-state index >= 15 is 0 Å². The van der Waals surface area contributed by atoms with Crippen LogP contribution in [0.25, 0.3) is 0 Å². The van der Waals surface area contributed by atoms with E-state index in [0.717, 1.165) is 31.4 Å². The highest BCUT2D eigenvalue weighted by Crippen LogP contribution is 2.44. The third-order valence-corrected chi connectivity index (χ3v) is 4.47. The second kappa shape index (κ2) is 7.36. The Morgan fingerprint density at radius 2 is 2.08 bits per heavy atom. The molecule has 7 nitrogen and oxygen atoms in total. The lowest BCUT2D eigenvalue weighted by molar-refractivity contribution is -0.384.